The number of anilines is 3. The van der Waals surface area contributed by atoms with Crippen molar-refractivity contribution >= 4 is 17.8 Å². The number of rotatable bonds is 6. The Morgan fingerprint density at radius 3 is 2.58 bits per heavy atom. The molecule has 0 atom stereocenters. The lowest BCUT2D eigenvalue weighted by Crippen LogP contribution is -2.37. The van der Waals surface area contributed by atoms with Crippen LogP contribution in [0.25, 0.3) is 0 Å². The normalized spacial score (nSPS) is 15.4. The summed E-state index contributed by atoms with van der Waals surface area (Å²) in [5.41, 5.74) is 0. The van der Waals surface area contributed by atoms with Crippen LogP contribution < -0.4 is 15.5 Å². The van der Waals surface area contributed by atoms with Gasteiger partial charge >= 0.3 is 0 Å². The van der Waals surface area contributed by atoms with Crippen molar-refractivity contribution in [2.45, 2.75) is 19.8 Å². The van der Waals surface area contributed by atoms with Gasteiger partial charge in [-0.05, 0) is 6.42 Å². The van der Waals surface area contributed by atoms with Crippen molar-refractivity contribution in [2.75, 3.05) is 55.4 Å². The van der Waals surface area contributed by atoms with Crippen molar-refractivity contribution < 1.29 is 4.74 Å². The van der Waals surface area contributed by atoms with E-state index >= 15 is 0 Å². The first-order valence-corrected chi connectivity index (χ1v) is 6.84. The fourth-order valence-corrected chi connectivity index (χ4v) is 1.84. The van der Waals surface area contributed by atoms with Crippen molar-refractivity contribution in [1.82, 2.24) is 15.0 Å². The summed E-state index contributed by atoms with van der Waals surface area (Å²) in [6.07, 6.45) is 2.25. The van der Waals surface area contributed by atoms with E-state index in [0.717, 1.165) is 45.7 Å². The smallest absolute Gasteiger partial charge is 0.232 e. The molecule has 1 aromatic rings. The average Bonchev–Trinajstić information content (AvgIpc) is 2.48. The van der Waals surface area contributed by atoms with E-state index in [4.69, 9.17) is 4.74 Å². The van der Waals surface area contributed by atoms with Crippen molar-refractivity contribution in [1.29, 1.82) is 0 Å². The average molecular weight is 266 g/mol. The molecule has 0 radical (unpaired) electrons. The van der Waals surface area contributed by atoms with Gasteiger partial charge in [0.1, 0.15) is 0 Å². The molecule has 0 amide bonds. The van der Waals surface area contributed by atoms with Crippen LogP contribution in [0.1, 0.15) is 19.8 Å². The zero-order valence-corrected chi connectivity index (χ0v) is 11.6. The maximum atomic E-state index is 5.34. The molecule has 7 heteroatoms. The van der Waals surface area contributed by atoms with Gasteiger partial charge in [0.15, 0.2) is 0 Å². The van der Waals surface area contributed by atoms with E-state index in [2.05, 4.69) is 37.4 Å². The van der Waals surface area contributed by atoms with Crippen molar-refractivity contribution in [3.63, 3.8) is 0 Å². The molecule has 0 aromatic carbocycles. The van der Waals surface area contributed by atoms with Crippen LogP contribution >= 0.6 is 0 Å². The molecule has 1 aromatic heterocycles. The summed E-state index contributed by atoms with van der Waals surface area (Å²) in [5, 5.41) is 6.22. The maximum Gasteiger partial charge on any atom is 0.232 e. The highest BCUT2D eigenvalue weighted by Crippen LogP contribution is 2.14. The molecular weight excluding hydrogens is 244 g/mol. The Bertz CT molecular complexity index is 394. The molecule has 106 valence electrons. The van der Waals surface area contributed by atoms with Gasteiger partial charge in [-0.15, -0.1) is 0 Å². The predicted molar refractivity (Wildman–Crippen MR) is 75.8 cm³/mol. The quantitative estimate of drug-likeness (QED) is 0.743. The molecule has 1 aliphatic rings. The zero-order valence-electron chi connectivity index (χ0n) is 11.6. The molecule has 0 saturated carbocycles. The summed E-state index contributed by atoms with van der Waals surface area (Å²) in [4.78, 5) is 15.3. The van der Waals surface area contributed by atoms with Gasteiger partial charge in [-0.1, -0.05) is 13.3 Å². The number of morpholine rings is 1. The summed E-state index contributed by atoms with van der Waals surface area (Å²) < 4.78 is 5.34. The van der Waals surface area contributed by atoms with E-state index in [1.54, 1.807) is 0 Å². The lowest BCUT2D eigenvalue weighted by molar-refractivity contribution is 0.122. The minimum atomic E-state index is 0.593. The zero-order chi connectivity index (χ0) is 13.5. The van der Waals surface area contributed by atoms with Crippen LogP contribution in [-0.4, -0.2) is 54.8 Å². The number of nitrogens with zero attached hydrogens (tertiary/aromatic N) is 4. The van der Waals surface area contributed by atoms with Crippen LogP contribution in [0.4, 0.5) is 17.8 Å². The summed E-state index contributed by atoms with van der Waals surface area (Å²) >= 11 is 0. The molecular formula is C12H22N6O. The molecule has 0 spiro atoms. The molecule has 1 saturated heterocycles. The van der Waals surface area contributed by atoms with Gasteiger partial charge in [0, 0.05) is 26.7 Å². The number of hydrogen-bond acceptors (Lipinski definition) is 7. The first kappa shape index (κ1) is 13.8. The third-order valence-electron chi connectivity index (χ3n) is 2.95. The number of aromatic nitrogens is 3. The number of unbranched alkanes of at least 4 members (excludes halogenated alkanes) is 1. The van der Waals surface area contributed by atoms with Crippen LogP contribution in [-0.2, 0) is 4.74 Å². The van der Waals surface area contributed by atoms with Gasteiger partial charge in [-0.2, -0.15) is 15.0 Å². The lowest BCUT2D eigenvalue weighted by Gasteiger charge is -2.27. The highest BCUT2D eigenvalue weighted by atomic mass is 16.5. The van der Waals surface area contributed by atoms with Crippen LogP contribution in [0, 0.1) is 0 Å². The van der Waals surface area contributed by atoms with Crippen LogP contribution in [0.3, 0.4) is 0 Å². The number of hydrogen-bond donors (Lipinski definition) is 2. The Morgan fingerprint density at radius 1 is 1.16 bits per heavy atom. The second-order valence-electron chi connectivity index (χ2n) is 4.41. The second-order valence-corrected chi connectivity index (χ2v) is 4.41. The van der Waals surface area contributed by atoms with Crippen molar-refractivity contribution in [2.24, 2.45) is 0 Å². The third-order valence-corrected chi connectivity index (χ3v) is 2.95. The summed E-state index contributed by atoms with van der Waals surface area (Å²) in [6.45, 7) is 6.13. The number of ether oxygens (including phenoxy) is 1. The van der Waals surface area contributed by atoms with Gasteiger partial charge < -0.3 is 20.3 Å². The topological polar surface area (TPSA) is 75.2 Å². The second kappa shape index (κ2) is 7.08. The van der Waals surface area contributed by atoms with Crippen LogP contribution in [0.5, 0.6) is 0 Å². The first-order chi connectivity index (χ1) is 9.33. The summed E-state index contributed by atoms with van der Waals surface area (Å²) in [7, 11) is 1.81. The van der Waals surface area contributed by atoms with Gasteiger partial charge in [0.25, 0.3) is 0 Å². The molecule has 1 fully saturated rings. The Kier molecular flexibility index (Phi) is 5.14. The molecule has 0 aliphatic carbocycles. The third kappa shape index (κ3) is 3.92. The van der Waals surface area contributed by atoms with Gasteiger partial charge in [-0.3, -0.25) is 0 Å². The van der Waals surface area contributed by atoms with Crippen molar-refractivity contribution in [3.05, 3.63) is 0 Å². The molecule has 2 N–H and O–H groups in total. The molecule has 0 unspecified atom stereocenters. The first-order valence-electron chi connectivity index (χ1n) is 6.84. The van der Waals surface area contributed by atoms with E-state index in [9.17, 15) is 0 Å². The molecule has 2 heterocycles. The largest absolute Gasteiger partial charge is 0.378 e. The van der Waals surface area contributed by atoms with E-state index in [1.807, 2.05) is 7.05 Å². The molecule has 1 aliphatic heterocycles. The molecule has 2 rings (SSSR count). The monoisotopic (exact) mass is 266 g/mol. The fraction of sp³-hybridized carbons (Fsp3) is 0.750. The Hall–Kier alpha value is -1.63. The molecule has 19 heavy (non-hydrogen) atoms. The highest BCUT2D eigenvalue weighted by Gasteiger charge is 2.16. The lowest BCUT2D eigenvalue weighted by atomic mass is 10.3. The van der Waals surface area contributed by atoms with Gasteiger partial charge in [0.2, 0.25) is 17.8 Å². The van der Waals surface area contributed by atoms with E-state index < -0.39 is 0 Å². The molecule has 7 nitrogen and oxygen atoms in total. The molecule has 0 bridgehead atoms. The highest BCUT2D eigenvalue weighted by molar-refractivity contribution is 5.43. The maximum absolute atomic E-state index is 5.34. The van der Waals surface area contributed by atoms with Gasteiger partial charge in [0.05, 0.1) is 13.2 Å². The Morgan fingerprint density at radius 2 is 1.89 bits per heavy atom. The number of nitrogens with one attached hydrogen (secondary N) is 2. The van der Waals surface area contributed by atoms with Crippen LogP contribution in [0.2, 0.25) is 0 Å². The standard InChI is InChI=1S/C12H22N6O/c1-3-4-5-14-11-15-10(13-2)16-12(17-11)18-6-8-19-9-7-18/h3-9H2,1-2H3,(H2,13,14,15,16,17). The van der Waals surface area contributed by atoms with E-state index in [-0.39, 0.29) is 0 Å². The van der Waals surface area contributed by atoms with Crippen LogP contribution in [0.15, 0.2) is 0 Å². The van der Waals surface area contributed by atoms with Crippen molar-refractivity contribution in [3.8, 4) is 0 Å². The summed E-state index contributed by atoms with van der Waals surface area (Å²) in [6, 6.07) is 0. The minimum absolute atomic E-state index is 0.593. The fourth-order valence-electron chi connectivity index (χ4n) is 1.84. The Labute approximate surface area is 113 Å². The predicted octanol–water partition coefficient (Wildman–Crippen LogP) is 0.962. The summed E-state index contributed by atoms with van der Waals surface area (Å²) in [5.74, 6) is 1.94. The Balaban J connectivity index is 2.10. The SMILES string of the molecule is CCCCNc1nc(NC)nc(N2CCOCC2)n1. The minimum Gasteiger partial charge on any atom is -0.378 e. The van der Waals surface area contributed by atoms with E-state index in [0.29, 0.717) is 17.8 Å². The van der Waals surface area contributed by atoms with Gasteiger partial charge in [-0.25, -0.2) is 0 Å². The van der Waals surface area contributed by atoms with E-state index in [1.165, 1.54) is 0 Å².